The molecule has 1 aliphatic carbocycles. The molecule has 0 saturated heterocycles. The van der Waals surface area contributed by atoms with Gasteiger partial charge in [0.05, 0.1) is 17.6 Å². The topological polar surface area (TPSA) is 112 Å². The molecule has 1 saturated carbocycles. The molecule has 0 aliphatic heterocycles. The molecule has 0 spiro atoms. The number of hydrogen-bond donors (Lipinski definition) is 2. The Kier molecular flexibility index (Phi) is 7.48. The summed E-state index contributed by atoms with van der Waals surface area (Å²) < 4.78 is 1.69. The van der Waals surface area contributed by atoms with E-state index in [4.69, 9.17) is 22.3 Å². The summed E-state index contributed by atoms with van der Waals surface area (Å²) in [5.74, 6) is 1.28. The van der Waals surface area contributed by atoms with Crippen molar-refractivity contribution in [1.29, 1.82) is 0 Å². The van der Waals surface area contributed by atoms with Gasteiger partial charge in [-0.2, -0.15) is 4.98 Å². The fourth-order valence-electron chi connectivity index (χ4n) is 5.22. The van der Waals surface area contributed by atoms with Gasteiger partial charge in [0.25, 0.3) is 5.56 Å². The van der Waals surface area contributed by atoms with Gasteiger partial charge < -0.3 is 11.1 Å². The number of nitrogens with two attached hydrogens (primary N) is 1. The molecule has 4 aromatic rings. The van der Waals surface area contributed by atoms with E-state index in [9.17, 15) is 4.79 Å². The Labute approximate surface area is 221 Å². The monoisotopic (exact) mass is 517 g/mol. The molecule has 0 radical (unpaired) electrons. The maximum Gasteiger partial charge on any atom is 0.260 e. The van der Waals surface area contributed by atoms with Crippen molar-refractivity contribution in [2.24, 2.45) is 11.7 Å². The lowest BCUT2D eigenvalue weighted by molar-refractivity contribution is 0.324. The van der Waals surface area contributed by atoms with Crippen molar-refractivity contribution in [1.82, 2.24) is 24.5 Å². The number of halogens is 1. The van der Waals surface area contributed by atoms with Crippen LogP contribution in [0.1, 0.15) is 44.7 Å². The van der Waals surface area contributed by atoms with Gasteiger partial charge in [-0.15, -0.1) is 0 Å². The van der Waals surface area contributed by atoms with Gasteiger partial charge in [0.15, 0.2) is 0 Å². The molecule has 0 unspecified atom stereocenters. The van der Waals surface area contributed by atoms with E-state index in [1.807, 2.05) is 38.1 Å². The average Bonchev–Trinajstić information content (AvgIpc) is 2.90. The molecule has 3 heterocycles. The Hall–Kier alpha value is -3.36. The highest BCUT2D eigenvalue weighted by atomic mass is 35.5. The largest absolute Gasteiger partial charge is 0.351 e. The van der Waals surface area contributed by atoms with E-state index in [1.54, 1.807) is 23.2 Å². The van der Waals surface area contributed by atoms with Crippen LogP contribution in [0.4, 0.5) is 5.95 Å². The maximum atomic E-state index is 13.6. The van der Waals surface area contributed by atoms with Gasteiger partial charge in [-0.1, -0.05) is 23.7 Å². The van der Waals surface area contributed by atoms with Crippen molar-refractivity contribution in [3.8, 4) is 22.4 Å². The first-order valence-corrected chi connectivity index (χ1v) is 13.3. The standard InChI is InChI=1S/C28H32ClN7O/c1-3-36-26-20(15-32-28(35-26)34-21-7-4-18(5-8-21)10-11-30)12-23(27(36)37)22-9-6-19(13-24(22)29)25-16-31-14-17(2)33-25/h6,9,12-16,18,21H,3-5,7-8,10-11,30H2,1-2H3,(H,32,34,35). The molecule has 0 bridgehead atoms. The van der Waals surface area contributed by atoms with Crippen molar-refractivity contribution >= 4 is 28.6 Å². The Morgan fingerprint density at radius 2 is 1.89 bits per heavy atom. The van der Waals surface area contributed by atoms with Crippen molar-refractivity contribution in [2.45, 2.75) is 58.5 Å². The highest BCUT2D eigenvalue weighted by Gasteiger charge is 2.22. The van der Waals surface area contributed by atoms with E-state index in [0.717, 1.165) is 54.1 Å². The van der Waals surface area contributed by atoms with Crippen LogP contribution in [-0.4, -0.2) is 37.1 Å². The maximum absolute atomic E-state index is 13.6. The Morgan fingerprint density at radius 3 is 2.59 bits per heavy atom. The van der Waals surface area contributed by atoms with Crippen LogP contribution in [0.3, 0.4) is 0 Å². The number of hydrogen-bond acceptors (Lipinski definition) is 7. The van der Waals surface area contributed by atoms with Gasteiger partial charge in [0, 0.05) is 52.1 Å². The van der Waals surface area contributed by atoms with Crippen LogP contribution in [0.25, 0.3) is 33.4 Å². The molecule has 1 aliphatic rings. The first-order chi connectivity index (χ1) is 18.0. The van der Waals surface area contributed by atoms with Gasteiger partial charge >= 0.3 is 0 Å². The molecular formula is C28H32ClN7O. The van der Waals surface area contributed by atoms with Crippen LogP contribution in [-0.2, 0) is 6.54 Å². The molecule has 0 amide bonds. The Bertz CT molecular complexity index is 1480. The summed E-state index contributed by atoms with van der Waals surface area (Å²) in [4.78, 5) is 31.6. The van der Waals surface area contributed by atoms with Crippen LogP contribution in [0.2, 0.25) is 5.02 Å². The lowest BCUT2D eigenvalue weighted by Crippen LogP contribution is -2.28. The zero-order valence-electron chi connectivity index (χ0n) is 21.2. The van der Waals surface area contributed by atoms with Crippen LogP contribution < -0.4 is 16.6 Å². The Balaban J connectivity index is 1.45. The minimum absolute atomic E-state index is 0.132. The molecular weight excluding hydrogens is 486 g/mol. The van der Waals surface area contributed by atoms with E-state index in [0.29, 0.717) is 40.3 Å². The fraction of sp³-hybridized carbons (Fsp3) is 0.393. The normalized spacial score (nSPS) is 17.7. The van der Waals surface area contributed by atoms with Crippen molar-refractivity contribution in [2.75, 3.05) is 11.9 Å². The molecule has 9 heteroatoms. The van der Waals surface area contributed by atoms with E-state index in [2.05, 4.69) is 20.3 Å². The van der Waals surface area contributed by atoms with Gasteiger partial charge in [0.1, 0.15) is 5.65 Å². The van der Waals surface area contributed by atoms with Crippen LogP contribution in [0, 0.1) is 12.8 Å². The van der Waals surface area contributed by atoms with Gasteiger partial charge in [-0.05, 0) is 70.5 Å². The van der Waals surface area contributed by atoms with Crippen LogP contribution >= 0.6 is 11.6 Å². The first kappa shape index (κ1) is 25.3. The number of rotatable bonds is 7. The van der Waals surface area contributed by atoms with E-state index < -0.39 is 0 Å². The Morgan fingerprint density at radius 1 is 1.08 bits per heavy atom. The summed E-state index contributed by atoms with van der Waals surface area (Å²) in [6.45, 7) is 5.08. The molecule has 5 rings (SSSR count). The van der Waals surface area contributed by atoms with Gasteiger partial charge in [0.2, 0.25) is 5.95 Å². The number of aromatic nitrogens is 5. The van der Waals surface area contributed by atoms with Crippen molar-refractivity contribution in [3.05, 3.63) is 63.9 Å². The average molecular weight is 518 g/mol. The first-order valence-electron chi connectivity index (χ1n) is 12.9. The molecule has 37 heavy (non-hydrogen) atoms. The number of aryl methyl sites for hydroxylation is 2. The number of pyridine rings is 1. The summed E-state index contributed by atoms with van der Waals surface area (Å²) in [5.41, 5.74) is 9.80. The van der Waals surface area contributed by atoms with Crippen molar-refractivity contribution < 1.29 is 0 Å². The third kappa shape index (κ3) is 5.36. The minimum atomic E-state index is -0.132. The van der Waals surface area contributed by atoms with E-state index in [1.165, 1.54) is 12.8 Å². The highest BCUT2D eigenvalue weighted by Crippen LogP contribution is 2.32. The molecule has 0 atom stereocenters. The summed E-state index contributed by atoms with van der Waals surface area (Å²) in [6, 6.07) is 7.77. The quantitative estimate of drug-likeness (QED) is 0.345. The molecule has 3 N–H and O–H groups in total. The highest BCUT2D eigenvalue weighted by molar-refractivity contribution is 6.33. The number of nitrogens with one attached hydrogen (secondary N) is 1. The van der Waals surface area contributed by atoms with Crippen LogP contribution in [0.5, 0.6) is 0 Å². The molecule has 3 aromatic heterocycles. The minimum Gasteiger partial charge on any atom is -0.351 e. The van der Waals surface area contributed by atoms with Crippen LogP contribution in [0.15, 0.2) is 47.7 Å². The van der Waals surface area contributed by atoms with Crippen molar-refractivity contribution in [3.63, 3.8) is 0 Å². The summed E-state index contributed by atoms with van der Waals surface area (Å²) in [5, 5.41) is 4.75. The summed E-state index contributed by atoms with van der Waals surface area (Å²) in [6.07, 6.45) is 10.8. The fourth-order valence-corrected chi connectivity index (χ4v) is 5.51. The third-order valence-electron chi connectivity index (χ3n) is 7.21. The summed E-state index contributed by atoms with van der Waals surface area (Å²) in [7, 11) is 0. The molecule has 192 valence electrons. The van der Waals surface area contributed by atoms with Gasteiger partial charge in [-0.3, -0.25) is 14.3 Å². The molecule has 8 nitrogen and oxygen atoms in total. The molecule has 1 aromatic carbocycles. The second-order valence-electron chi connectivity index (χ2n) is 9.76. The van der Waals surface area contributed by atoms with Gasteiger partial charge in [-0.25, -0.2) is 9.97 Å². The predicted octanol–water partition coefficient (Wildman–Crippen LogP) is 5.22. The smallest absolute Gasteiger partial charge is 0.260 e. The van der Waals surface area contributed by atoms with E-state index in [-0.39, 0.29) is 5.56 Å². The zero-order chi connectivity index (χ0) is 25.9. The zero-order valence-corrected chi connectivity index (χ0v) is 22.0. The number of anilines is 1. The number of fused-ring (bicyclic) bond motifs is 1. The SMILES string of the molecule is CCn1c(=O)c(-c2ccc(-c3cncc(C)n3)cc2Cl)cc2cnc(NC3CCC(CCN)CC3)nc21. The lowest BCUT2D eigenvalue weighted by Gasteiger charge is -2.28. The second kappa shape index (κ2) is 10.9. The lowest BCUT2D eigenvalue weighted by atomic mass is 9.84. The predicted molar refractivity (Wildman–Crippen MR) is 149 cm³/mol. The third-order valence-corrected chi connectivity index (χ3v) is 7.52. The number of benzene rings is 1. The van der Waals surface area contributed by atoms with E-state index >= 15 is 0 Å². The number of nitrogens with zero attached hydrogens (tertiary/aromatic N) is 5. The second-order valence-corrected chi connectivity index (χ2v) is 10.2. The summed E-state index contributed by atoms with van der Waals surface area (Å²) >= 11 is 6.69. The molecule has 1 fully saturated rings.